The zero-order chi connectivity index (χ0) is 13.3. The van der Waals surface area contributed by atoms with Gasteiger partial charge in [-0.1, -0.05) is 0 Å². The van der Waals surface area contributed by atoms with Gasteiger partial charge in [-0.3, -0.25) is 14.6 Å². The third-order valence-corrected chi connectivity index (χ3v) is 2.87. The van der Waals surface area contributed by atoms with Gasteiger partial charge in [-0.05, 0) is 39.0 Å². The van der Waals surface area contributed by atoms with Crippen LogP contribution < -0.4 is 11.1 Å². The lowest BCUT2D eigenvalue weighted by molar-refractivity contribution is 0.712. The molecule has 0 spiro atoms. The number of benzene rings is 1. The quantitative estimate of drug-likeness (QED) is 0.666. The molecule has 1 N–H and O–H groups in total. The Balaban J connectivity index is 2.56. The number of nitrogens with zero attached hydrogens (tertiary/aromatic N) is 3. The first-order chi connectivity index (χ1) is 8.54. The van der Waals surface area contributed by atoms with E-state index in [9.17, 15) is 4.79 Å². The maximum absolute atomic E-state index is 12.0. The molecule has 1 heterocycles. The molecule has 0 aliphatic rings. The topological polar surface area (TPSA) is 51.3 Å². The van der Waals surface area contributed by atoms with Gasteiger partial charge in [0, 0.05) is 19.3 Å². The molecule has 0 radical (unpaired) electrons. The molecule has 0 atom stereocenters. The number of hydrogen-bond donors (Lipinski definition) is 1. The average molecular weight is 246 g/mol. The minimum absolute atomic E-state index is 0.0137. The molecule has 0 saturated carbocycles. The van der Waals surface area contributed by atoms with Crippen LogP contribution in [0.25, 0.3) is 11.0 Å². The van der Waals surface area contributed by atoms with Crippen LogP contribution in [0.4, 0.5) is 5.69 Å². The molecule has 1 aromatic carbocycles. The van der Waals surface area contributed by atoms with Crippen molar-refractivity contribution in [2.75, 3.05) is 5.43 Å². The Labute approximate surface area is 106 Å². The minimum Gasteiger partial charge on any atom is -0.295 e. The van der Waals surface area contributed by atoms with Gasteiger partial charge in [0.25, 0.3) is 0 Å². The van der Waals surface area contributed by atoms with Crippen LogP contribution in [0.5, 0.6) is 0 Å². The Bertz CT molecular complexity index is 659. The van der Waals surface area contributed by atoms with E-state index in [1.165, 1.54) is 0 Å². The molecule has 0 saturated heterocycles. The fraction of sp³-hybridized carbons (Fsp3) is 0.385. The Morgan fingerprint density at radius 3 is 2.67 bits per heavy atom. The van der Waals surface area contributed by atoms with Gasteiger partial charge in [-0.2, -0.15) is 5.10 Å². The number of nitrogens with one attached hydrogen (secondary N) is 1. The van der Waals surface area contributed by atoms with Crippen molar-refractivity contribution in [1.29, 1.82) is 0 Å². The van der Waals surface area contributed by atoms with E-state index in [-0.39, 0.29) is 5.69 Å². The van der Waals surface area contributed by atoms with Crippen LogP contribution in [0.15, 0.2) is 28.1 Å². The van der Waals surface area contributed by atoms with E-state index in [2.05, 4.69) is 10.5 Å². The lowest BCUT2D eigenvalue weighted by atomic mass is 10.3. The Morgan fingerprint density at radius 2 is 2.06 bits per heavy atom. The molecule has 2 rings (SSSR count). The van der Waals surface area contributed by atoms with Gasteiger partial charge in [0.05, 0.1) is 16.7 Å². The SMILES string of the molecule is CCn1c(=O)n(C)c2cc(NN=C(C)C)ccc21. The van der Waals surface area contributed by atoms with Crippen LogP contribution >= 0.6 is 0 Å². The zero-order valence-electron chi connectivity index (χ0n) is 11.2. The maximum Gasteiger partial charge on any atom is 0.328 e. The third kappa shape index (κ3) is 2.03. The minimum atomic E-state index is 0.0137. The summed E-state index contributed by atoms with van der Waals surface area (Å²) < 4.78 is 3.42. The molecule has 0 bridgehead atoms. The lowest BCUT2D eigenvalue weighted by Gasteiger charge is -2.02. The van der Waals surface area contributed by atoms with Crippen molar-refractivity contribution < 1.29 is 0 Å². The number of fused-ring (bicyclic) bond motifs is 1. The van der Waals surface area contributed by atoms with Gasteiger partial charge in [0.1, 0.15) is 0 Å². The van der Waals surface area contributed by atoms with Crippen LogP contribution in [0.1, 0.15) is 20.8 Å². The molecule has 0 aliphatic heterocycles. The van der Waals surface area contributed by atoms with Crippen LogP contribution in [0.2, 0.25) is 0 Å². The number of hydrogen-bond acceptors (Lipinski definition) is 3. The van der Waals surface area contributed by atoms with Crippen LogP contribution in [0.3, 0.4) is 0 Å². The van der Waals surface area contributed by atoms with Crippen LogP contribution in [-0.4, -0.2) is 14.8 Å². The molecule has 5 heteroatoms. The second-order valence-corrected chi connectivity index (χ2v) is 4.46. The molecule has 1 aromatic heterocycles. The third-order valence-electron chi connectivity index (χ3n) is 2.87. The lowest BCUT2D eigenvalue weighted by Crippen LogP contribution is -2.21. The molecule has 18 heavy (non-hydrogen) atoms. The summed E-state index contributed by atoms with van der Waals surface area (Å²) in [5, 5.41) is 4.15. The highest BCUT2D eigenvalue weighted by atomic mass is 16.1. The van der Waals surface area contributed by atoms with Gasteiger partial charge in [-0.25, -0.2) is 4.79 Å². The van der Waals surface area contributed by atoms with Crippen molar-refractivity contribution in [3.63, 3.8) is 0 Å². The number of aromatic nitrogens is 2. The van der Waals surface area contributed by atoms with E-state index in [4.69, 9.17) is 0 Å². The molecule has 2 aromatic rings. The maximum atomic E-state index is 12.0. The summed E-state index contributed by atoms with van der Waals surface area (Å²) in [5.74, 6) is 0. The molecule has 0 aliphatic carbocycles. The first-order valence-electron chi connectivity index (χ1n) is 6.00. The van der Waals surface area contributed by atoms with Crippen molar-refractivity contribution >= 4 is 22.4 Å². The average Bonchev–Trinajstić information content (AvgIpc) is 2.59. The van der Waals surface area contributed by atoms with E-state index in [1.54, 1.807) is 16.2 Å². The van der Waals surface area contributed by atoms with Gasteiger partial charge in [0.15, 0.2) is 0 Å². The van der Waals surface area contributed by atoms with Crippen molar-refractivity contribution in [2.24, 2.45) is 12.1 Å². The Morgan fingerprint density at radius 1 is 1.33 bits per heavy atom. The molecule has 0 unspecified atom stereocenters. The molecular weight excluding hydrogens is 228 g/mol. The van der Waals surface area contributed by atoms with Crippen LogP contribution in [0, 0.1) is 0 Å². The summed E-state index contributed by atoms with van der Waals surface area (Å²) in [7, 11) is 1.79. The highest BCUT2D eigenvalue weighted by Gasteiger charge is 2.09. The fourth-order valence-corrected chi connectivity index (χ4v) is 1.96. The number of hydrazone groups is 1. The molecule has 5 nitrogen and oxygen atoms in total. The Kier molecular flexibility index (Phi) is 3.23. The van der Waals surface area contributed by atoms with E-state index < -0.39 is 0 Å². The molecule has 0 amide bonds. The number of aryl methyl sites for hydroxylation is 2. The van der Waals surface area contributed by atoms with Gasteiger partial charge in [0.2, 0.25) is 0 Å². The van der Waals surface area contributed by atoms with Crippen molar-refractivity contribution in [2.45, 2.75) is 27.3 Å². The summed E-state index contributed by atoms with van der Waals surface area (Å²) in [6.07, 6.45) is 0. The first-order valence-corrected chi connectivity index (χ1v) is 6.00. The Hall–Kier alpha value is -2.04. The van der Waals surface area contributed by atoms with Crippen molar-refractivity contribution in [1.82, 2.24) is 9.13 Å². The second kappa shape index (κ2) is 4.68. The summed E-state index contributed by atoms with van der Waals surface area (Å²) in [6, 6.07) is 5.82. The van der Waals surface area contributed by atoms with Crippen molar-refractivity contribution in [3.05, 3.63) is 28.7 Å². The predicted molar refractivity (Wildman–Crippen MR) is 75.3 cm³/mol. The van der Waals surface area contributed by atoms with E-state index >= 15 is 0 Å². The summed E-state index contributed by atoms with van der Waals surface area (Å²) in [4.78, 5) is 12.0. The fourth-order valence-electron chi connectivity index (χ4n) is 1.96. The van der Waals surface area contributed by atoms with E-state index in [1.807, 2.05) is 39.0 Å². The van der Waals surface area contributed by atoms with Gasteiger partial charge < -0.3 is 0 Å². The standard InChI is InChI=1S/C13H18N4O/c1-5-17-11-7-6-10(15-14-9(2)3)8-12(11)16(4)13(17)18/h6-8,15H,5H2,1-4H3. The molecule has 96 valence electrons. The van der Waals surface area contributed by atoms with E-state index in [0.29, 0.717) is 6.54 Å². The molecular formula is C13H18N4O. The van der Waals surface area contributed by atoms with E-state index in [0.717, 1.165) is 22.4 Å². The van der Waals surface area contributed by atoms with Gasteiger partial charge >= 0.3 is 5.69 Å². The monoisotopic (exact) mass is 246 g/mol. The highest BCUT2D eigenvalue weighted by Crippen LogP contribution is 2.18. The second-order valence-electron chi connectivity index (χ2n) is 4.46. The number of anilines is 1. The summed E-state index contributed by atoms with van der Waals surface area (Å²) >= 11 is 0. The van der Waals surface area contributed by atoms with Gasteiger partial charge in [-0.15, -0.1) is 0 Å². The summed E-state index contributed by atoms with van der Waals surface area (Å²) in [6.45, 7) is 6.50. The largest absolute Gasteiger partial charge is 0.328 e. The highest BCUT2D eigenvalue weighted by molar-refractivity contribution is 5.82. The first kappa shape index (κ1) is 12.4. The smallest absolute Gasteiger partial charge is 0.295 e. The predicted octanol–water partition coefficient (Wildman–Crippen LogP) is 2.17. The number of imidazole rings is 1. The van der Waals surface area contributed by atoms with Crippen LogP contribution in [-0.2, 0) is 13.6 Å². The number of rotatable bonds is 3. The normalized spacial score (nSPS) is 10.7. The molecule has 0 fully saturated rings. The zero-order valence-corrected chi connectivity index (χ0v) is 11.2. The van der Waals surface area contributed by atoms with Crippen molar-refractivity contribution in [3.8, 4) is 0 Å². The summed E-state index contributed by atoms with van der Waals surface area (Å²) in [5.41, 5.74) is 6.69.